The summed E-state index contributed by atoms with van der Waals surface area (Å²) in [6.45, 7) is 1.60. The van der Waals surface area contributed by atoms with Crippen LogP contribution in [0.1, 0.15) is 23.6 Å². The van der Waals surface area contributed by atoms with Crippen molar-refractivity contribution in [3.05, 3.63) is 22.4 Å². The molecule has 1 atom stereocenters. The number of aldehydes is 1. The van der Waals surface area contributed by atoms with Gasteiger partial charge in [0.05, 0.1) is 5.69 Å². The van der Waals surface area contributed by atoms with Crippen molar-refractivity contribution in [1.82, 2.24) is 4.57 Å². The van der Waals surface area contributed by atoms with E-state index in [-0.39, 0.29) is 0 Å². The predicted molar refractivity (Wildman–Crippen MR) is 44.4 cm³/mol. The van der Waals surface area contributed by atoms with Crippen molar-refractivity contribution >= 4 is 22.2 Å². The fourth-order valence-electron chi connectivity index (χ4n) is 0.879. The molecule has 1 unspecified atom stereocenters. The van der Waals surface area contributed by atoms with Crippen molar-refractivity contribution in [2.45, 2.75) is 13.2 Å². The molecule has 0 aliphatic heterocycles. The summed E-state index contributed by atoms with van der Waals surface area (Å²) in [6.07, 6.45) is 1.70. The standard InChI is InChI=1S/C7H8BrNO2/c1-5(11)9-3-6(8)2-7(9)4-10/h2-5,11H,1H3. The first-order valence-electron chi connectivity index (χ1n) is 3.15. The third-order valence-electron chi connectivity index (χ3n) is 1.37. The van der Waals surface area contributed by atoms with Gasteiger partial charge in [-0.1, -0.05) is 0 Å². The van der Waals surface area contributed by atoms with Crippen LogP contribution in [0, 0.1) is 0 Å². The smallest absolute Gasteiger partial charge is 0.166 e. The molecule has 0 aliphatic rings. The van der Waals surface area contributed by atoms with E-state index >= 15 is 0 Å². The zero-order chi connectivity index (χ0) is 8.43. The number of rotatable bonds is 2. The number of aliphatic hydroxyl groups excluding tert-OH is 1. The summed E-state index contributed by atoms with van der Waals surface area (Å²) in [4.78, 5) is 10.4. The topological polar surface area (TPSA) is 42.2 Å². The first kappa shape index (κ1) is 8.49. The molecule has 0 spiro atoms. The summed E-state index contributed by atoms with van der Waals surface area (Å²) in [5, 5.41) is 9.13. The van der Waals surface area contributed by atoms with E-state index in [4.69, 9.17) is 5.11 Å². The highest BCUT2D eigenvalue weighted by Gasteiger charge is 2.06. The van der Waals surface area contributed by atoms with Crippen LogP contribution in [0.25, 0.3) is 0 Å². The van der Waals surface area contributed by atoms with Crippen LogP contribution in [0.3, 0.4) is 0 Å². The van der Waals surface area contributed by atoms with E-state index in [9.17, 15) is 4.79 Å². The Kier molecular flexibility index (Phi) is 2.46. The Morgan fingerprint density at radius 1 is 1.82 bits per heavy atom. The van der Waals surface area contributed by atoms with Crippen LogP contribution in [0.15, 0.2) is 16.7 Å². The lowest BCUT2D eigenvalue weighted by Crippen LogP contribution is -2.05. The number of carbonyl (C=O) groups is 1. The number of halogens is 1. The summed E-state index contributed by atoms with van der Waals surface area (Å²) in [5.74, 6) is 0. The summed E-state index contributed by atoms with van der Waals surface area (Å²) < 4.78 is 2.28. The normalized spacial score (nSPS) is 13.0. The minimum absolute atomic E-state index is 0.465. The molecule has 0 saturated carbocycles. The number of hydrogen-bond donors (Lipinski definition) is 1. The van der Waals surface area contributed by atoms with Crippen molar-refractivity contribution < 1.29 is 9.90 Å². The zero-order valence-corrected chi connectivity index (χ0v) is 7.58. The van der Waals surface area contributed by atoms with Gasteiger partial charge in [0.2, 0.25) is 0 Å². The average Bonchev–Trinajstić information content (AvgIpc) is 2.30. The summed E-state index contributed by atoms with van der Waals surface area (Å²) in [7, 11) is 0. The molecule has 1 N–H and O–H groups in total. The molecule has 1 rings (SSSR count). The van der Waals surface area contributed by atoms with Gasteiger partial charge >= 0.3 is 0 Å². The van der Waals surface area contributed by atoms with Crippen LogP contribution in [0.2, 0.25) is 0 Å². The van der Waals surface area contributed by atoms with E-state index < -0.39 is 6.23 Å². The van der Waals surface area contributed by atoms with Gasteiger partial charge in [-0.05, 0) is 28.9 Å². The summed E-state index contributed by atoms with van der Waals surface area (Å²) >= 11 is 3.20. The highest BCUT2D eigenvalue weighted by molar-refractivity contribution is 9.10. The second kappa shape index (κ2) is 3.19. The minimum atomic E-state index is -0.665. The van der Waals surface area contributed by atoms with Crippen LogP contribution in [0.4, 0.5) is 0 Å². The number of carbonyl (C=O) groups excluding carboxylic acids is 1. The summed E-state index contributed by atoms with van der Waals surface area (Å²) in [5.41, 5.74) is 0.465. The molecule has 0 aliphatic carbocycles. The molecule has 0 aromatic carbocycles. The molecule has 1 aromatic heterocycles. The van der Waals surface area contributed by atoms with Crippen LogP contribution >= 0.6 is 15.9 Å². The third-order valence-corrected chi connectivity index (χ3v) is 1.80. The molecule has 60 valence electrons. The van der Waals surface area contributed by atoms with E-state index in [0.717, 1.165) is 4.47 Å². The number of hydrogen-bond acceptors (Lipinski definition) is 2. The van der Waals surface area contributed by atoms with Gasteiger partial charge in [0.15, 0.2) is 6.29 Å². The van der Waals surface area contributed by atoms with Gasteiger partial charge < -0.3 is 9.67 Å². The molecule has 0 amide bonds. The van der Waals surface area contributed by atoms with Gasteiger partial charge in [-0.3, -0.25) is 4.79 Å². The second-order valence-corrected chi connectivity index (χ2v) is 3.16. The van der Waals surface area contributed by atoms with Gasteiger partial charge in [-0.25, -0.2) is 0 Å². The molecule has 0 fully saturated rings. The molecular weight excluding hydrogens is 210 g/mol. The van der Waals surface area contributed by atoms with Crippen LogP contribution in [-0.4, -0.2) is 16.0 Å². The molecule has 4 heteroatoms. The molecule has 0 radical (unpaired) electrons. The van der Waals surface area contributed by atoms with Crippen molar-refractivity contribution in [1.29, 1.82) is 0 Å². The SMILES string of the molecule is CC(O)n1cc(Br)cc1C=O. The first-order chi connectivity index (χ1) is 5.15. The Balaban J connectivity index is 3.11. The van der Waals surface area contributed by atoms with Gasteiger partial charge in [-0.2, -0.15) is 0 Å². The van der Waals surface area contributed by atoms with Crippen LogP contribution in [0.5, 0.6) is 0 Å². The van der Waals surface area contributed by atoms with E-state index in [1.807, 2.05) is 0 Å². The monoisotopic (exact) mass is 217 g/mol. The third kappa shape index (κ3) is 1.70. The summed E-state index contributed by atoms with van der Waals surface area (Å²) in [6, 6.07) is 1.65. The largest absolute Gasteiger partial charge is 0.374 e. The van der Waals surface area contributed by atoms with E-state index in [0.29, 0.717) is 12.0 Å². The highest BCUT2D eigenvalue weighted by atomic mass is 79.9. The molecule has 1 aromatic rings. The number of aromatic nitrogens is 1. The second-order valence-electron chi connectivity index (χ2n) is 2.24. The molecule has 3 nitrogen and oxygen atoms in total. The Morgan fingerprint density at radius 3 is 2.82 bits per heavy atom. The maximum atomic E-state index is 10.4. The minimum Gasteiger partial charge on any atom is -0.374 e. The number of aliphatic hydroxyl groups is 1. The molecular formula is C7H8BrNO2. The van der Waals surface area contributed by atoms with Crippen molar-refractivity contribution in [2.75, 3.05) is 0 Å². The Hall–Kier alpha value is -0.610. The molecule has 0 saturated heterocycles. The van der Waals surface area contributed by atoms with Gasteiger partial charge in [-0.15, -0.1) is 0 Å². The highest BCUT2D eigenvalue weighted by Crippen LogP contribution is 2.16. The average molecular weight is 218 g/mol. The molecule has 1 heterocycles. The zero-order valence-electron chi connectivity index (χ0n) is 5.99. The Bertz CT molecular complexity index is 267. The van der Waals surface area contributed by atoms with Gasteiger partial charge in [0.1, 0.15) is 6.23 Å². The fraction of sp³-hybridized carbons (Fsp3) is 0.286. The van der Waals surface area contributed by atoms with Gasteiger partial charge in [0, 0.05) is 10.7 Å². The van der Waals surface area contributed by atoms with Gasteiger partial charge in [0.25, 0.3) is 0 Å². The van der Waals surface area contributed by atoms with Crippen molar-refractivity contribution in [3.8, 4) is 0 Å². The fourth-order valence-corrected chi connectivity index (χ4v) is 1.33. The maximum Gasteiger partial charge on any atom is 0.166 e. The van der Waals surface area contributed by atoms with Crippen LogP contribution in [-0.2, 0) is 0 Å². The Labute approximate surface area is 72.8 Å². The van der Waals surface area contributed by atoms with Crippen LogP contribution < -0.4 is 0 Å². The Morgan fingerprint density at radius 2 is 2.45 bits per heavy atom. The lowest BCUT2D eigenvalue weighted by Gasteiger charge is -2.06. The lowest BCUT2D eigenvalue weighted by molar-refractivity contribution is 0.104. The number of nitrogens with zero attached hydrogens (tertiary/aromatic N) is 1. The predicted octanol–water partition coefficient (Wildman–Crippen LogP) is 1.57. The first-order valence-corrected chi connectivity index (χ1v) is 3.95. The lowest BCUT2D eigenvalue weighted by atomic mass is 10.4. The quantitative estimate of drug-likeness (QED) is 0.765. The van der Waals surface area contributed by atoms with E-state index in [1.54, 1.807) is 19.2 Å². The molecule has 0 bridgehead atoms. The van der Waals surface area contributed by atoms with Crippen molar-refractivity contribution in [3.63, 3.8) is 0 Å². The van der Waals surface area contributed by atoms with Crippen molar-refractivity contribution in [2.24, 2.45) is 0 Å². The molecule has 11 heavy (non-hydrogen) atoms. The maximum absolute atomic E-state index is 10.4. The van der Waals surface area contributed by atoms with E-state index in [2.05, 4.69) is 15.9 Å². The van der Waals surface area contributed by atoms with E-state index in [1.165, 1.54) is 4.57 Å².